The van der Waals surface area contributed by atoms with Gasteiger partial charge < -0.3 is 9.64 Å². The molecule has 0 N–H and O–H groups in total. The van der Waals surface area contributed by atoms with Crippen LogP contribution in [0.25, 0.3) is 22.5 Å². The second-order valence-corrected chi connectivity index (χ2v) is 13.8. The Bertz CT molecular complexity index is 2220. The SMILES string of the molecule is CCCCN(Cc1ccc(-c2ccccc2-c2nnnn2C(c2ccccc2)(c2ccccc2)c2ccccc2)cc1)c1nc(SC)ncc1C(=O)OCC. The van der Waals surface area contributed by atoms with Crippen LogP contribution in [0.1, 0.15) is 59.3 Å². The molecule has 55 heavy (non-hydrogen) atoms. The lowest BCUT2D eigenvalue weighted by Gasteiger charge is -2.36. The standard InChI is InChI=1S/C45H43N7O2S/c1-4-6-30-51(41-40(43(53)54-5-2)31-46-44(47-41)55-3)32-33-26-28-34(29-27-33)38-24-16-17-25-39(38)42-48-49-50-52(42)45(35-18-10-7-11-19-35,36-20-12-8-13-21-36)37-22-14-9-15-23-37/h7-29,31H,4-6,30,32H2,1-3H3. The van der Waals surface area contributed by atoms with Gasteiger partial charge in [0.25, 0.3) is 0 Å². The van der Waals surface area contributed by atoms with Crippen LogP contribution < -0.4 is 4.90 Å². The first kappa shape index (κ1) is 37.2. The summed E-state index contributed by atoms with van der Waals surface area (Å²) in [5.74, 6) is 0.810. The van der Waals surface area contributed by atoms with Crippen molar-refractivity contribution in [1.29, 1.82) is 0 Å². The predicted octanol–water partition coefficient (Wildman–Crippen LogP) is 9.34. The molecule has 0 saturated heterocycles. The summed E-state index contributed by atoms with van der Waals surface area (Å²) in [7, 11) is 0. The molecular weight excluding hydrogens is 703 g/mol. The van der Waals surface area contributed by atoms with Gasteiger partial charge in [-0.3, -0.25) is 0 Å². The number of anilines is 1. The fraction of sp³-hybridized carbons (Fsp3) is 0.200. The number of tetrazole rings is 1. The third-order valence-electron chi connectivity index (χ3n) is 9.67. The first-order valence-electron chi connectivity index (χ1n) is 18.6. The molecule has 2 aromatic heterocycles. The summed E-state index contributed by atoms with van der Waals surface area (Å²) in [6, 6.07) is 48.1. The van der Waals surface area contributed by atoms with Gasteiger partial charge in [0.1, 0.15) is 16.9 Å². The third kappa shape index (κ3) is 7.63. The number of thioether (sulfide) groups is 1. The molecule has 2 heterocycles. The van der Waals surface area contributed by atoms with Gasteiger partial charge in [0, 0.05) is 24.8 Å². The molecule has 276 valence electrons. The highest BCUT2D eigenvalue weighted by atomic mass is 32.2. The Morgan fingerprint density at radius 1 is 0.764 bits per heavy atom. The van der Waals surface area contributed by atoms with Crippen molar-refractivity contribution in [1.82, 2.24) is 30.2 Å². The molecule has 0 fully saturated rings. The van der Waals surface area contributed by atoms with Crippen molar-refractivity contribution >= 4 is 23.5 Å². The molecule has 0 saturated carbocycles. The molecule has 10 heteroatoms. The second-order valence-electron chi connectivity index (χ2n) is 13.1. The minimum atomic E-state index is -0.874. The van der Waals surface area contributed by atoms with E-state index in [-0.39, 0.29) is 6.61 Å². The number of esters is 1. The average Bonchev–Trinajstić information content (AvgIpc) is 3.74. The number of carbonyl (C=O) groups excluding carboxylic acids is 1. The number of nitrogens with zero attached hydrogens (tertiary/aromatic N) is 7. The van der Waals surface area contributed by atoms with Crippen LogP contribution in [0, 0.1) is 0 Å². The minimum Gasteiger partial charge on any atom is -0.462 e. The van der Waals surface area contributed by atoms with Crippen LogP contribution in [0.15, 0.2) is 151 Å². The van der Waals surface area contributed by atoms with E-state index in [0.717, 1.165) is 58.3 Å². The molecule has 7 rings (SSSR count). The Kier molecular flexibility index (Phi) is 11.7. The molecule has 0 aliphatic carbocycles. The Morgan fingerprint density at radius 3 is 1.91 bits per heavy atom. The van der Waals surface area contributed by atoms with E-state index in [1.807, 2.05) is 41.3 Å². The third-order valence-corrected chi connectivity index (χ3v) is 10.2. The van der Waals surface area contributed by atoms with Gasteiger partial charge in [-0.25, -0.2) is 19.4 Å². The zero-order valence-electron chi connectivity index (χ0n) is 31.2. The lowest BCUT2D eigenvalue weighted by molar-refractivity contribution is 0.0526. The highest BCUT2D eigenvalue weighted by molar-refractivity contribution is 7.98. The fourth-order valence-electron chi connectivity index (χ4n) is 7.08. The largest absolute Gasteiger partial charge is 0.462 e. The molecule has 0 amide bonds. The van der Waals surface area contributed by atoms with Gasteiger partial charge in [0.05, 0.1) is 6.61 Å². The van der Waals surface area contributed by atoms with Crippen molar-refractivity contribution in [2.45, 2.75) is 43.9 Å². The normalized spacial score (nSPS) is 11.3. The van der Waals surface area contributed by atoms with E-state index in [1.165, 1.54) is 11.8 Å². The van der Waals surface area contributed by atoms with Gasteiger partial charge in [0.2, 0.25) is 0 Å². The summed E-state index contributed by atoms with van der Waals surface area (Å²) in [6.07, 6.45) is 5.46. The lowest BCUT2D eigenvalue weighted by Crippen LogP contribution is -2.39. The Morgan fingerprint density at radius 2 is 1.35 bits per heavy atom. The fourth-order valence-corrected chi connectivity index (χ4v) is 7.42. The van der Waals surface area contributed by atoms with E-state index in [0.29, 0.717) is 28.9 Å². The first-order valence-corrected chi connectivity index (χ1v) is 19.8. The molecule has 9 nitrogen and oxygen atoms in total. The number of rotatable bonds is 15. The van der Waals surface area contributed by atoms with Crippen LogP contribution in [0.5, 0.6) is 0 Å². The van der Waals surface area contributed by atoms with Crippen molar-refractivity contribution in [2.24, 2.45) is 0 Å². The maximum atomic E-state index is 13.0. The summed E-state index contributed by atoms with van der Waals surface area (Å²) in [5.41, 5.74) is 6.62. The van der Waals surface area contributed by atoms with E-state index in [1.54, 1.807) is 13.1 Å². The number of hydrogen-bond donors (Lipinski definition) is 0. The lowest BCUT2D eigenvalue weighted by atomic mass is 9.77. The maximum Gasteiger partial charge on any atom is 0.343 e. The Balaban J connectivity index is 1.30. The van der Waals surface area contributed by atoms with Crippen LogP contribution in [0.3, 0.4) is 0 Å². The molecule has 0 bridgehead atoms. The summed E-state index contributed by atoms with van der Waals surface area (Å²) in [4.78, 5) is 24.3. The van der Waals surface area contributed by atoms with Crippen molar-refractivity contribution in [3.05, 3.63) is 174 Å². The van der Waals surface area contributed by atoms with Crippen LogP contribution in [-0.2, 0) is 16.8 Å². The van der Waals surface area contributed by atoms with Crippen LogP contribution in [-0.4, -0.2) is 55.6 Å². The topological polar surface area (TPSA) is 98.9 Å². The molecule has 0 aliphatic rings. The van der Waals surface area contributed by atoms with Gasteiger partial charge >= 0.3 is 5.97 Å². The second kappa shape index (κ2) is 17.3. The summed E-state index contributed by atoms with van der Waals surface area (Å²) in [6.45, 7) is 5.52. The molecular formula is C45H43N7O2S. The van der Waals surface area contributed by atoms with E-state index in [4.69, 9.17) is 20.0 Å². The van der Waals surface area contributed by atoms with Crippen LogP contribution in [0.4, 0.5) is 5.82 Å². The molecule has 0 unspecified atom stereocenters. The smallest absolute Gasteiger partial charge is 0.343 e. The summed E-state index contributed by atoms with van der Waals surface area (Å²) < 4.78 is 7.36. The van der Waals surface area contributed by atoms with Gasteiger partial charge in [-0.15, -0.1) is 5.10 Å². The zero-order chi connectivity index (χ0) is 38.0. The number of benzene rings is 5. The van der Waals surface area contributed by atoms with Crippen LogP contribution >= 0.6 is 11.8 Å². The molecule has 0 spiro atoms. The minimum absolute atomic E-state index is 0.276. The predicted molar refractivity (Wildman–Crippen MR) is 219 cm³/mol. The van der Waals surface area contributed by atoms with Gasteiger partial charge in [-0.05, 0) is 63.4 Å². The number of aromatic nitrogens is 6. The van der Waals surface area contributed by atoms with Crippen molar-refractivity contribution in [3.8, 4) is 22.5 Å². The van der Waals surface area contributed by atoms with E-state index in [9.17, 15) is 4.79 Å². The van der Waals surface area contributed by atoms with Crippen LogP contribution in [0.2, 0.25) is 0 Å². The number of carbonyl (C=O) groups is 1. The number of ether oxygens (including phenoxy) is 1. The number of hydrogen-bond acceptors (Lipinski definition) is 9. The zero-order valence-corrected chi connectivity index (χ0v) is 32.1. The quantitative estimate of drug-likeness (QED) is 0.0440. The van der Waals surface area contributed by atoms with E-state index >= 15 is 0 Å². The van der Waals surface area contributed by atoms with Crippen molar-refractivity contribution < 1.29 is 9.53 Å². The molecule has 0 atom stereocenters. The van der Waals surface area contributed by atoms with E-state index in [2.05, 4.69) is 131 Å². The number of unbranched alkanes of at least 4 members (excludes halogenated alkanes) is 1. The van der Waals surface area contributed by atoms with E-state index < -0.39 is 11.5 Å². The molecule has 5 aromatic carbocycles. The molecule has 0 aliphatic heterocycles. The summed E-state index contributed by atoms with van der Waals surface area (Å²) >= 11 is 1.45. The summed E-state index contributed by atoms with van der Waals surface area (Å²) in [5, 5.41) is 14.4. The highest BCUT2D eigenvalue weighted by Crippen LogP contribution is 2.43. The molecule has 0 radical (unpaired) electrons. The average molecular weight is 746 g/mol. The van der Waals surface area contributed by atoms with Gasteiger partial charge in [-0.2, -0.15) is 0 Å². The Hall–Kier alpha value is -6.13. The van der Waals surface area contributed by atoms with Crippen molar-refractivity contribution in [3.63, 3.8) is 0 Å². The maximum absolute atomic E-state index is 13.0. The first-order chi connectivity index (χ1) is 27.1. The van der Waals surface area contributed by atoms with Gasteiger partial charge in [-0.1, -0.05) is 165 Å². The van der Waals surface area contributed by atoms with Gasteiger partial charge in [0.15, 0.2) is 11.0 Å². The highest BCUT2D eigenvalue weighted by Gasteiger charge is 2.42. The Labute approximate surface area is 326 Å². The molecule has 7 aromatic rings. The van der Waals surface area contributed by atoms with Crippen molar-refractivity contribution in [2.75, 3.05) is 24.3 Å². The monoisotopic (exact) mass is 745 g/mol.